The number of nitrogens with zero attached hydrogens (tertiary/aromatic N) is 1. The molecule has 2 aromatic heterocycles. The molecular formula is C61H41NO2. The Bertz CT molecular complexity index is 3590. The summed E-state index contributed by atoms with van der Waals surface area (Å²) in [5.74, 6) is 0. The van der Waals surface area contributed by atoms with Crippen LogP contribution in [0, 0.1) is 0 Å². The van der Waals surface area contributed by atoms with Gasteiger partial charge in [-0.15, -0.1) is 0 Å². The van der Waals surface area contributed by atoms with Gasteiger partial charge in [-0.3, -0.25) is 0 Å². The van der Waals surface area contributed by atoms with Gasteiger partial charge in [0.05, 0.1) is 11.5 Å². The smallest absolute Gasteiger partial charge is 0.144 e. The van der Waals surface area contributed by atoms with Crippen molar-refractivity contribution in [1.29, 1.82) is 0 Å². The normalized spacial score (nSPS) is 15.0. The number of fused-ring (bicyclic) bond motifs is 9. The van der Waals surface area contributed by atoms with E-state index in [0.717, 1.165) is 72.8 Å². The van der Waals surface area contributed by atoms with Crippen LogP contribution in [0.1, 0.15) is 28.7 Å². The summed E-state index contributed by atoms with van der Waals surface area (Å²) in [5.41, 5.74) is 17.1. The molecule has 0 N–H and O–H groups in total. The summed E-state index contributed by atoms with van der Waals surface area (Å²) in [6.45, 7) is 0. The second kappa shape index (κ2) is 14.5. The minimum Gasteiger partial charge on any atom is -0.456 e. The molecule has 3 nitrogen and oxygen atoms in total. The van der Waals surface area contributed by atoms with Crippen molar-refractivity contribution in [3.8, 4) is 33.4 Å². The lowest BCUT2D eigenvalue weighted by molar-refractivity contribution is 0.664. The second-order valence-corrected chi connectivity index (χ2v) is 17.1. The van der Waals surface area contributed by atoms with Crippen molar-refractivity contribution >= 4 is 55.3 Å². The number of furan rings is 2. The third kappa shape index (κ3) is 5.47. The highest BCUT2D eigenvalue weighted by Gasteiger charge is 2.46. The van der Waals surface area contributed by atoms with Crippen molar-refractivity contribution in [2.75, 3.05) is 4.90 Å². The van der Waals surface area contributed by atoms with Crippen molar-refractivity contribution in [3.05, 3.63) is 253 Å². The molecule has 0 spiro atoms. The molecule has 64 heavy (non-hydrogen) atoms. The molecule has 9 aromatic carbocycles. The summed E-state index contributed by atoms with van der Waals surface area (Å²) in [5, 5.41) is 4.21. The molecule has 13 rings (SSSR count). The Morgan fingerprint density at radius 3 is 1.86 bits per heavy atom. The first-order valence-corrected chi connectivity index (χ1v) is 22.2. The summed E-state index contributed by atoms with van der Waals surface area (Å²) >= 11 is 0. The lowest BCUT2D eigenvalue weighted by Gasteiger charge is -2.34. The van der Waals surface area contributed by atoms with Gasteiger partial charge < -0.3 is 13.7 Å². The number of benzene rings is 9. The van der Waals surface area contributed by atoms with E-state index in [-0.39, 0.29) is 6.04 Å². The van der Waals surface area contributed by atoms with Crippen LogP contribution in [0.5, 0.6) is 0 Å². The van der Waals surface area contributed by atoms with Crippen LogP contribution in [0.15, 0.2) is 239 Å². The molecule has 0 aliphatic heterocycles. The van der Waals surface area contributed by atoms with Gasteiger partial charge in [0.1, 0.15) is 22.3 Å². The number of rotatable bonds is 7. The minimum atomic E-state index is -0.537. The zero-order valence-electron chi connectivity index (χ0n) is 35.0. The quantitative estimate of drug-likeness (QED) is 0.160. The molecule has 2 heterocycles. The minimum absolute atomic E-state index is 0.142. The number of hydrogen-bond acceptors (Lipinski definition) is 3. The average molecular weight is 820 g/mol. The molecule has 0 saturated carbocycles. The topological polar surface area (TPSA) is 29.5 Å². The second-order valence-electron chi connectivity index (χ2n) is 17.1. The number of allylic oxidation sites excluding steroid dienone is 2. The number of para-hydroxylation sites is 1. The Morgan fingerprint density at radius 2 is 1.09 bits per heavy atom. The lowest BCUT2D eigenvalue weighted by Crippen LogP contribution is -2.29. The highest BCUT2D eigenvalue weighted by atomic mass is 16.3. The van der Waals surface area contributed by atoms with Gasteiger partial charge in [0.15, 0.2) is 0 Å². The fraction of sp³-hybridized carbons (Fsp3) is 0.0492. The zero-order valence-corrected chi connectivity index (χ0v) is 35.0. The van der Waals surface area contributed by atoms with Gasteiger partial charge in [0, 0.05) is 44.5 Å². The summed E-state index contributed by atoms with van der Waals surface area (Å²) in [6.07, 6.45) is 9.74. The van der Waals surface area contributed by atoms with Gasteiger partial charge in [0.25, 0.3) is 0 Å². The van der Waals surface area contributed by atoms with E-state index in [4.69, 9.17) is 8.83 Å². The van der Waals surface area contributed by atoms with Crippen LogP contribution in [0.25, 0.3) is 77.3 Å². The number of hydrogen-bond donors (Lipinski definition) is 0. The zero-order chi connectivity index (χ0) is 42.2. The maximum atomic E-state index is 7.26. The molecule has 2 aliphatic carbocycles. The first-order chi connectivity index (χ1) is 31.7. The summed E-state index contributed by atoms with van der Waals surface area (Å²) in [6, 6.07) is 74.9. The van der Waals surface area contributed by atoms with Gasteiger partial charge in [-0.1, -0.05) is 182 Å². The first-order valence-electron chi connectivity index (χ1n) is 22.2. The monoisotopic (exact) mass is 819 g/mol. The lowest BCUT2D eigenvalue weighted by atomic mass is 9.67. The van der Waals surface area contributed by atoms with E-state index in [9.17, 15) is 0 Å². The van der Waals surface area contributed by atoms with Crippen LogP contribution in [0.4, 0.5) is 11.4 Å². The van der Waals surface area contributed by atoms with Crippen LogP contribution in [0.2, 0.25) is 0 Å². The average Bonchev–Trinajstić information content (AvgIpc) is 4.02. The molecule has 1 atom stereocenters. The SMILES string of the molecule is C1=CCC(N(c2ccc(-c3ccccc3)cc2)c2ccc3c(c2)oc2c(-c4ccc5c(c4)C(c4ccccc4)(c4ccccc4)c4ccccc4-5)c4c(cc23)oc2ccccc24)C=C1. The fourth-order valence-corrected chi connectivity index (χ4v) is 10.9. The van der Waals surface area contributed by atoms with Crippen LogP contribution in [-0.4, -0.2) is 6.04 Å². The van der Waals surface area contributed by atoms with Crippen LogP contribution >= 0.6 is 0 Å². The largest absolute Gasteiger partial charge is 0.456 e. The molecule has 3 heteroatoms. The Kier molecular flexibility index (Phi) is 8.26. The van der Waals surface area contributed by atoms with Crippen LogP contribution in [0.3, 0.4) is 0 Å². The van der Waals surface area contributed by atoms with Gasteiger partial charge in [-0.2, -0.15) is 0 Å². The van der Waals surface area contributed by atoms with Crippen molar-refractivity contribution in [2.45, 2.75) is 17.9 Å². The number of anilines is 2. The Hall–Kier alpha value is -8.14. The van der Waals surface area contributed by atoms with Crippen LogP contribution < -0.4 is 4.90 Å². The van der Waals surface area contributed by atoms with Gasteiger partial charge in [0.2, 0.25) is 0 Å². The van der Waals surface area contributed by atoms with Gasteiger partial charge in [-0.25, -0.2) is 0 Å². The molecule has 0 fully saturated rings. The van der Waals surface area contributed by atoms with E-state index in [2.05, 4.69) is 229 Å². The van der Waals surface area contributed by atoms with Crippen LogP contribution in [-0.2, 0) is 5.41 Å². The predicted octanol–water partition coefficient (Wildman–Crippen LogP) is 16.2. The third-order valence-electron chi connectivity index (χ3n) is 13.7. The maximum Gasteiger partial charge on any atom is 0.144 e. The molecule has 302 valence electrons. The van der Waals surface area contributed by atoms with Gasteiger partial charge in [-0.05, 0) is 99.0 Å². The summed E-state index contributed by atoms with van der Waals surface area (Å²) in [4.78, 5) is 2.44. The van der Waals surface area contributed by atoms with Crippen molar-refractivity contribution < 1.29 is 8.83 Å². The summed E-state index contributed by atoms with van der Waals surface area (Å²) in [7, 11) is 0. The van der Waals surface area contributed by atoms with E-state index in [1.54, 1.807) is 0 Å². The highest BCUT2D eigenvalue weighted by molar-refractivity contribution is 6.23. The molecule has 0 bridgehead atoms. The Labute approximate surface area is 371 Å². The van der Waals surface area contributed by atoms with E-state index in [0.29, 0.717) is 0 Å². The third-order valence-corrected chi connectivity index (χ3v) is 13.7. The van der Waals surface area contributed by atoms with E-state index in [1.807, 2.05) is 6.07 Å². The first kappa shape index (κ1) is 36.5. The summed E-state index contributed by atoms with van der Waals surface area (Å²) < 4.78 is 14.0. The Balaban J connectivity index is 1.04. The van der Waals surface area contributed by atoms with Gasteiger partial charge >= 0.3 is 0 Å². The van der Waals surface area contributed by atoms with E-state index < -0.39 is 5.41 Å². The van der Waals surface area contributed by atoms with E-state index >= 15 is 0 Å². The fourth-order valence-electron chi connectivity index (χ4n) is 10.9. The molecule has 2 aliphatic rings. The molecule has 1 unspecified atom stereocenters. The van der Waals surface area contributed by atoms with E-state index in [1.165, 1.54) is 44.5 Å². The van der Waals surface area contributed by atoms with Crippen molar-refractivity contribution in [1.82, 2.24) is 0 Å². The van der Waals surface area contributed by atoms with Crippen molar-refractivity contribution in [2.24, 2.45) is 0 Å². The predicted molar refractivity (Wildman–Crippen MR) is 264 cm³/mol. The molecule has 11 aromatic rings. The molecule has 0 saturated heterocycles. The Morgan fingerprint density at radius 1 is 0.438 bits per heavy atom. The molecule has 0 radical (unpaired) electrons. The standard InChI is InChI=1S/C61H41NO2/c1-5-17-40(18-6-1)41-29-32-46(33-30-41)62(45-23-11-4-12-24-45)47-34-36-50-52-39-57-59(51-26-14-16-28-55(51)63-57)58(60(52)64-56(50)38-47)42-31-35-49-48-25-13-15-27-53(48)61(54(49)37-42,43-19-7-2-8-20-43)44-21-9-3-10-22-44/h1-23,25-39,45H,24H2. The highest BCUT2D eigenvalue weighted by Crippen LogP contribution is 2.57. The van der Waals surface area contributed by atoms with Crippen molar-refractivity contribution in [3.63, 3.8) is 0 Å². The maximum absolute atomic E-state index is 7.26. The molecule has 0 amide bonds. The molecular weight excluding hydrogens is 779 g/mol.